The van der Waals surface area contributed by atoms with Gasteiger partial charge in [-0.25, -0.2) is 13.4 Å². The molecule has 0 aromatic heterocycles. The van der Waals surface area contributed by atoms with E-state index in [-0.39, 0.29) is 17.7 Å². The van der Waals surface area contributed by atoms with Gasteiger partial charge in [0.15, 0.2) is 6.29 Å². The van der Waals surface area contributed by atoms with E-state index in [0.29, 0.717) is 51.1 Å². The fourth-order valence-electron chi connectivity index (χ4n) is 4.56. The van der Waals surface area contributed by atoms with Crippen LogP contribution >= 0.6 is 0 Å². The Morgan fingerprint density at radius 3 is 2.42 bits per heavy atom. The Morgan fingerprint density at radius 1 is 1.19 bits per heavy atom. The normalized spacial score (nSPS) is 33.0. The van der Waals surface area contributed by atoms with Crippen molar-refractivity contribution < 1.29 is 23.0 Å². The fraction of sp³-hybridized carbons (Fsp3) is 0.905. The molecule has 4 rings (SSSR count). The summed E-state index contributed by atoms with van der Waals surface area (Å²) in [6, 6.07) is 0. The third kappa shape index (κ3) is 6.25. The maximum absolute atomic E-state index is 11.6. The van der Waals surface area contributed by atoms with Crippen LogP contribution < -0.4 is 0 Å². The number of aliphatic imine (C=N–C) groups is 2. The molecule has 2 saturated carbocycles. The highest BCUT2D eigenvalue weighted by molar-refractivity contribution is 7.88. The summed E-state index contributed by atoms with van der Waals surface area (Å²) < 4.78 is 36.5. The fourth-order valence-corrected chi connectivity index (χ4v) is 5.39. The van der Waals surface area contributed by atoms with E-state index in [9.17, 15) is 13.5 Å². The zero-order valence-corrected chi connectivity index (χ0v) is 19.5. The van der Waals surface area contributed by atoms with E-state index in [4.69, 9.17) is 9.47 Å². The van der Waals surface area contributed by atoms with Gasteiger partial charge < -0.3 is 14.6 Å². The maximum Gasteiger partial charge on any atom is 0.227 e. The summed E-state index contributed by atoms with van der Waals surface area (Å²) in [6.45, 7) is 5.57. The van der Waals surface area contributed by atoms with Gasteiger partial charge in [-0.1, -0.05) is 0 Å². The zero-order chi connectivity index (χ0) is 22.1. The van der Waals surface area contributed by atoms with Crippen LogP contribution in [0.3, 0.4) is 0 Å². The number of piperazine rings is 1. The van der Waals surface area contributed by atoms with E-state index in [1.807, 2.05) is 0 Å². The van der Waals surface area contributed by atoms with Gasteiger partial charge in [-0.15, -0.1) is 0 Å². The standard InChI is InChI=1S/C21H36N4O5S/c1-21(7-8-21)30-20(26)17-5-3-16(4-6-17)15-29-19-14-22-18(13-23-19)24-9-11-25(12-10-24)31(2,27)28/h14,16-18,20,26H,3-13,15H2,1-2H3/t16?,17?,18-,20-/m0/s1. The lowest BCUT2D eigenvalue weighted by Crippen LogP contribution is -2.52. The minimum Gasteiger partial charge on any atom is -0.477 e. The first kappa shape index (κ1) is 23.1. The van der Waals surface area contributed by atoms with E-state index in [2.05, 4.69) is 21.8 Å². The first-order valence-corrected chi connectivity index (χ1v) is 13.3. The van der Waals surface area contributed by atoms with Crippen molar-refractivity contribution in [2.45, 2.75) is 63.5 Å². The molecular formula is C21H36N4O5S. The zero-order valence-electron chi connectivity index (χ0n) is 18.6. The van der Waals surface area contributed by atoms with Gasteiger partial charge in [-0.2, -0.15) is 4.31 Å². The summed E-state index contributed by atoms with van der Waals surface area (Å²) in [6.07, 6.45) is 8.37. The average molecular weight is 457 g/mol. The lowest BCUT2D eigenvalue weighted by atomic mass is 9.82. The van der Waals surface area contributed by atoms with Crippen LogP contribution in [-0.4, -0.2) is 98.5 Å². The predicted molar refractivity (Wildman–Crippen MR) is 119 cm³/mol. The topological polar surface area (TPSA) is 104 Å². The molecule has 9 nitrogen and oxygen atoms in total. The van der Waals surface area contributed by atoms with Crippen molar-refractivity contribution in [2.24, 2.45) is 21.8 Å². The van der Waals surface area contributed by atoms with E-state index >= 15 is 0 Å². The van der Waals surface area contributed by atoms with Crippen LogP contribution in [0.15, 0.2) is 9.98 Å². The molecule has 2 aliphatic carbocycles. The molecule has 31 heavy (non-hydrogen) atoms. The number of rotatable bonds is 7. The number of aliphatic hydroxyl groups is 1. The summed E-state index contributed by atoms with van der Waals surface area (Å²) in [5, 5.41) is 10.3. The summed E-state index contributed by atoms with van der Waals surface area (Å²) >= 11 is 0. The third-order valence-corrected chi connectivity index (χ3v) is 8.36. The number of hydrogen-bond acceptors (Lipinski definition) is 8. The molecule has 0 radical (unpaired) electrons. The molecule has 176 valence electrons. The molecule has 0 amide bonds. The van der Waals surface area contributed by atoms with Gasteiger partial charge in [-0.3, -0.25) is 9.89 Å². The summed E-state index contributed by atoms with van der Waals surface area (Å²) in [7, 11) is -3.12. The Hall–Kier alpha value is -1.07. The van der Waals surface area contributed by atoms with Crippen molar-refractivity contribution in [2.75, 3.05) is 45.6 Å². The Balaban J connectivity index is 1.14. The maximum atomic E-state index is 11.6. The van der Waals surface area contributed by atoms with Crippen LogP contribution in [0.4, 0.5) is 0 Å². The second kappa shape index (κ2) is 9.43. The monoisotopic (exact) mass is 456 g/mol. The molecule has 1 N–H and O–H groups in total. The van der Waals surface area contributed by atoms with Crippen molar-refractivity contribution >= 4 is 22.1 Å². The minimum atomic E-state index is -3.12. The summed E-state index contributed by atoms with van der Waals surface area (Å²) in [4.78, 5) is 11.3. The highest BCUT2D eigenvalue weighted by Gasteiger charge is 2.42. The van der Waals surface area contributed by atoms with Gasteiger partial charge in [0, 0.05) is 32.1 Å². The Labute approximate surface area is 185 Å². The van der Waals surface area contributed by atoms with Crippen LogP contribution in [0, 0.1) is 11.8 Å². The third-order valence-electron chi connectivity index (χ3n) is 7.05. The SMILES string of the molecule is CC1(O[C@H](O)C2CCC(COC3=NC[C@H](N4CCN(S(C)(=O)=O)CC4)N=C3)CC2)CC1. The Morgan fingerprint density at radius 2 is 1.87 bits per heavy atom. The van der Waals surface area contributed by atoms with Gasteiger partial charge in [-0.05, 0) is 51.4 Å². The summed E-state index contributed by atoms with van der Waals surface area (Å²) in [5.74, 6) is 1.28. The molecule has 0 aromatic rings. The average Bonchev–Trinajstić information content (AvgIpc) is 3.49. The lowest BCUT2D eigenvalue weighted by Gasteiger charge is -2.36. The van der Waals surface area contributed by atoms with E-state index < -0.39 is 16.3 Å². The number of sulfonamides is 1. The molecule has 0 spiro atoms. The number of nitrogens with zero attached hydrogens (tertiary/aromatic N) is 4. The molecule has 0 unspecified atom stereocenters. The molecule has 2 aliphatic heterocycles. The van der Waals surface area contributed by atoms with Crippen molar-refractivity contribution in [1.82, 2.24) is 9.21 Å². The number of aliphatic hydroxyl groups excluding tert-OH is 1. The second-order valence-corrected chi connectivity index (χ2v) is 11.7. The quantitative estimate of drug-likeness (QED) is 0.575. The molecule has 2 heterocycles. The highest BCUT2D eigenvalue weighted by Crippen LogP contribution is 2.42. The van der Waals surface area contributed by atoms with Gasteiger partial charge in [0.1, 0.15) is 6.17 Å². The van der Waals surface area contributed by atoms with Crippen LogP contribution in [0.5, 0.6) is 0 Å². The molecule has 2 atom stereocenters. The Kier molecular flexibility index (Phi) is 7.02. The second-order valence-electron chi connectivity index (χ2n) is 9.69. The number of ether oxygens (including phenoxy) is 2. The van der Waals surface area contributed by atoms with Gasteiger partial charge >= 0.3 is 0 Å². The molecule has 1 saturated heterocycles. The van der Waals surface area contributed by atoms with Crippen molar-refractivity contribution in [3.05, 3.63) is 0 Å². The minimum absolute atomic E-state index is 0.0423. The smallest absolute Gasteiger partial charge is 0.227 e. The molecule has 0 aromatic carbocycles. The van der Waals surface area contributed by atoms with Crippen molar-refractivity contribution in [1.29, 1.82) is 0 Å². The predicted octanol–water partition coefficient (Wildman–Crippen LogP) is 1.08. The van der Waals surface area contributed by atoms with E-state index in [0.717, 1.165) is 38.5 Å². The summed E-state index contributed by atoms with van der Waals surface area (Å²) in [5.41, 5.74) is -0.0863. The largest absolute Gasteiger partial charge is 0.477 e. The molecule has 4 aliphatic rings. The van der Waals surface area contributed by atoms with Crippen LogP contribution in [0.25, 0.3) is 0 Å². The molecule has 0 bridgehead atoms. The highest BCUT2D eigenvalue weighted by atomic mass is 32.2. The first-order valence-electron chi connectivity index (χ1n) is 11.5. The van der Waals surface area contributed by atoms with Crippen LogP contribution in [-0.2, 0) is 19.5 Å². The van der Waals surface area contributed by atoms with Gasteiger partial charge in [0.2, 0.25) is 15.9 Å². The molecule has 10 heteroatoms. The number of hydrogen-bond donors (Lipinski definition) is 1. The van der Waals surface area contributed by atoms with Gasteiger partial charge in [0.25, 0.3) is 0 Å². The van der Waals surface area contributed by atoms with Crippen LogP contribution in [0.1, 0.15) is 45.4 Å². The van der Waals surface area contributed by atoms with Gasteiger partial charge in [0.05, 0.1) is 31.2 Å². The van der Waals surface area contributed by atoms with Crippen molar-refractivity contribution in [3.63, 3.8) is 0 Å². The Bertz CT molecular complexity index is 782. The molecule has 3 fully saturated rings. The molecular weight excluding hydrogens is 420 g/mol. The van der Waals surface area contributed by atoms with E-state index in [1.54, 1.807) is 6.21 Å². The lowest BCUT2D eigenvalue weighted by molar-refractivity contribution is -0.178. The van der Waals surface area contributed by atoms with E-state index in [1.165, 1.54) is 10.6 Å². The first-order chi connectivity index (χ1) is 14.7. The van der Waals surface area contributed by atoms with Crippen LogP contribution in [0.2, 0.25) is 0 Å². The van der Waals surface area contributed by atoms with Crippen molar-refractivity contribution in [3.8, 4) is 0 Å².